The van der Waals surface area contributed by atoms with Gasteiger partial charge in [-0.05, 0) is 46.9 Å². The minimum atomic E-state index is -1.45. The van der Waals surface area contributed by atoms with E-state index in [2.05, 4.69) is 10.8 Å². The summed E-state index contributed by atoms with van der Waals surface area (Å²) >= 11 is 7.58. The summed E-state index contributed by atoms with van der Waals surface area (Å²) < 4.78 is 48.6. The van der Waals surface area contributed by atoms with E-state index < -0.39 is 45.7 Å². The second kappa shape index (κ2) is 11.5. The van der Waals surface area contributed by atoms with Crippen LogP contribution in [-0.2, 0) is 9.57 Å². The van der Waals surface area contributed by atoms with Gasteiger partial charge in [-0.2, -0.15) is 0 Å². The van der Waals surface area contributed by atoms with Gasteiger partial charge >= 0.3 is 0 Å². The molecule has 7 nitrogen and oxygen atoms in total. The van der Waals surface area contributed by atoms with Crippen molar-refractivity contribution in [1.29, 1.82) is 0 Å². The molecule has 1 amide bonds. The molecule has 1 aliphatic heterocycles. The number of carbonyl (C=O) groups is 1. The van der Waals surface area contributed by atoms with Crippen LogP contribution in [-0.4, -0.2) is 61.5 Å². The van der Waals surface area contributed by atoms with Gasteiger partial charge in [0.15, 0.2) is 11.6 Å². The summed E-state index contributed by atoms with van der Waals surface area (Å²) in [7, 11) is 0. The molecule has 0 radical (unpaired) electrons. The SMILES string of the molecule is O=C(NOCC(O)CN1CCOCC1)c1cc(Cl)c(F)c(F)c1Nc1ccc(I)cc1F. The molecule has 3 N–H and O–H groups in total. The second-order valence-corrected chi connectivity index (χ2v) is 8.62. The third-order valence-electron chi connectivity index (χ3n) is 4.61. The predicted octanol–water partition coefficient (Wildman–Crippen LogP) is 3.46. The number of amides is 1. The van der Waals surface area contributed by atoms with E-state index in [4.69, 9.17) is 21.2 Å². The van der Waals surface area contributed by atoms with Crippen molar-refractivity contribution in [2.24, 2.45) is 0 Å². The number of morpholine rings is 1. The molecular formula is C20H20ClF3IN3O4. The zero-order valence-electron chi connectivity index (χ0n) is 16.6. The molecule has 1 atom stereocenters. The molecule has 2 aromatic rings. The molecule has 0 saturated carbocycles. The fourth-order valence-electron chi connectivity index (χ4n) is 3.01. The van der Waals surface area contributed by atoms with Crippen LogP contribution in [0.15, 0.2) is 24.3 Å². The quantitative estimate of drug-likeness (QED) is 0.250. The highest BCUT2D eigenvalue weighted by Gasteiger charge is 2.24. The zero-order valence-corrected chi connectivity index (χ0v) is 19.6. The monoisotopic (exact) mass is 585 g/mol. The van der Waals surface area contributed by atoms with Gasteiger partial charge in [0.2, 0.25) is 0 Å². The number of rotatable bonds is 8. The van der Waals surface area contributed by atoms with Gasteiger partial charge in [0, 0.05) is 23.2 Å². The van der Waals surface area contributed by atoms with E-state index in [0.29, 0.717) is 36.4 Å². The third kappa shape index (κ3) is 6.45. The molecular weight excluding hydrogens is 566 g/mol. The molecule has 0 spiro atoms. The number of aliphatic hydroxyl groups is 1. The summed E-state index contributed by atoms with van der Waals surface area (Å²) in [6, 6.07) is 4.96. The van der Waals surface area contributed by atoms with Crippen LogP contribution in [0, 0.1) is 21.0 Å². The molecule has 0 aliphatic carbocycles. The summed E-state index contributed by atoms with van der Waals surface area (Å²) in [5.74, 6) is -4.52. The van der Waals surface area contributed by atoms with Crippen LogP contribution in [0.2, 0.25) is 5.02 Å². The summed E-state index contributed by atoms with van der Waals surface area (Å²) in [5.41, 5.74) is 0.884. The van der Waals surface area contributed by atoms with Gasteiger partial charge in [0.1, 0.15) is 12.4 Å². The Hall–Kier alpha value is -1.64. The highest BCUT2D eigenvalue weighted by atomic mass is 127. The number of carbonyl (C=O) groups excluding carboxylic acids is 1. The van der Waals surface area contributed by atoms with E-state index in [-0.39, 0.29) is 12.3 Å². The molecule has 1 saturated heterocycles. The molecule has 1 unspecified atom stereocenters. The van der Waals surface area contributed by atoms with Crippen LogP contribution in [0.1, 0.15) is 10.4 Å². The number of nitrogens with one attached hydrogen (secondary N) is 2. The number of ether oxygens (including phenoxy) is 1. The first-order valence-electron chi connectivity index (χ1n) is 9.56. The van der Waals surface area contributed by atoms with Gasteiger partial charge in [-0.1, -0.05) is 11.6 Å². The number of β-amino-alcohol motifs (C(OH)–C–C–N with tert-alkyl or cyclic N) is 1. The third-order valence-corrected chi connectivity index (χ3v) is 5.56. The van der Waals surface area contributed by atoms with Crippen molar-refractivity contribution in [3.05, 3.63) is 55.9 Å². The van der Waals surface area contributed by atoms with Crippen LogP contribution >= 0.6 is 34.2 Å². The Morgan fingerprint density at radius 2 is 1.97 bits per heavy atom. The minimum Gasteiger partial charge on any atom is -0.389 e. The van der Waals surface area contributed by atoms with Crippen LogP contribution < -0.4 is 10.8 Å². The summed E-state index contributed by atoms with van der Waals surface area (Å²) in [4.78, 5) is 19.6. The Kier molecular flexibility index (Phi) is 8.96. The predicted molar refractivity (Wildman–Crippen MR) is 120 cm³/mol. The first-order chi connectivity index (χ1) is 15.3. The molecule has 1 aliphatic rings. The molecule has 3 rings (SSSR count). The summed E-state index contributed by atoms with van der Waals surface area (Å²) in [6.07, 6.45) is -0.902. The molecule has 0 bridgehead atoms. The standard InChI is InChI=1S/C20H20ClF3IN3O4/c21-14-8-13(20(30)27-32-10-12(29)9-28-3-5-31-6-4-28)19(18(24)17(14)23)26-16-2-1-11(25)7-15(16)22/h1-2,7-8,12,26,29H,3-6,9-10H2,(H,27,30). The Balaban J connectivity index is 1.69. The van der Waals surface area contributed by atoms with Crippen LogP contribution in [0.3, 0.4) is 0 Å². The largest absolute Gasteiger partial charge is 0.389 e. The fourth-order valence-corrected chi connectivity index (χ4v) is 3.66. The molecule has 1 fully saturated rings. The van der Waals surface area contributed by atoms with Crippen molar-refractivity contribution in [1.82, 2.24) is 10.4 Å². The molecule has 174 valence electrons. The average Bonchev–Trinajstić information content (AvgIpc) is 2.76. The van der Waals surface area contributed by atoms with Crippen molar-refractivity contribution >= 4 is 51.5 Å². The van der Waals surface area contributed by atoms with Gasteiger partial charge < -0.3 is 15.2 Å². The summed E-state index contributed by atoms with van der Waals surface area (Å²) in [5, 5.41) is 11.8. The lowest BCUT2D eigenvalue weighted by atomic mass is 10.1. The zero-order chi connectivity index (χ0) is 23.3. The summed E-state index contributed by atoms with van der Waals surface area (Å²) in [6.45, 7) is 2.54. The maximum atomic E-state index is 14.6. The number of halogens is 5. The first kappa shape index (κ1) is 25.0. The Morgan fingerprint density at radius 3 is 2.66 bits per heavy atom. The topological polar surface area (TPSA) is 83.1 Å². The lowest BCUT2D eigenvalue weighted by Gasteiger charge is -2.28. The van der Waals surface area contributed by atoms with Crippen molar-refractivity contribution in [3.8, 4) is 0 Å². The number of hydrogen-bond acceptors (Lipinski definition) is 6. The van der Waals surface area contributed by atoms with Crippen molar-refractivity contribution < 1.29 is 32.6 Å². The van der Waals surface area contributed by atoms with Gasteiger partial charge in [-0.25, -0.2) is 18.7 Å². The molecule has 32 heavy (non-hydrogen) atoms. The minimum absolute atomic E-state index is 0.165. The second-order valence-electron chi connectivity index (χ2n) is 6.97. The molecule has 12 heteroatoms. The van der Waals surface area contributed by atoms with Gasteiger partial charge in [-0.15, -0.1) is 0 Å². The number of hydrogen-bond donors (Lipinski definition) is 3. The Bertz CT molecular complexity index is 980. The van der Waals surface area contributed by atoms with E-state index in [9.17, 15) is 23.1 Å². The average molecular weight is 586 g/mol. The number of anilines is 2. The highest BCUT2D eigenvalue weighted by Crippen LogP contribution is 2.32. The molecule has 2 aromatic carbocycles. The Morgan fingerprint density at radius 1 is 1.25 bits per heavy atom. The lowest BCUT2D eigenvalue weighted by Crippen LogP contribution is -2.42. The van der Waals surface area contributed by atoms with Crippen LogP contribution in [0.25, 0.3) is 0 Å². The highest BCUT2D eigenvalue weighted by molar-refractivity contribution is 14.1. The van der Waals surface area contributed by atoms with E-state index in [1.165, 1.54) is 12.1 Å². The Labute approximate surface area is 200 Å². The fraction of sp³-hybridized carbons (Fsp3) is 0.350. The normalized spacial score (nSPS) is 15.4. The lowest BCUT2D eigenvalue weighted by molar-refractivity contribution is -0.0362. The maximum absolute atomic E-state index is 14.6. The number of hydroxylamine groups is 1. The number of benzene rings is 2. The molecule has 1 heterocycles. The first-order valence-corrected chi connectivity index (χ1v) is 11.0. The smallest absolute Gasteiger partial charge is 0.277 e. The van der Waals surface area contributed by atoms with Gasteiger partial charge in [0.25, 0.3) is 5.91 Å². The van der Waals surface area contributed by atoms with Crippen molar-refractivity contribution in [2.75, 3.05) is 44.8 Å². The van der Waals surface area contributed by atoms with Gasteiger partial charge in [-0.3, -0.25) is 14.5 Å². The van der Waals surface area contributed by atoms with E-state index in [0.717, 1.165) is 6.07 Å². The van der Waals surface area contributed by atoms with Crippen molar-refractivity contribution in [3.63, 3.8) is 0 Å². The number of aliphatic hydroxyl groups excluding tert-OH is 1. The van der Waals surface area contributed by atoms with Crippen LogP contribution in [0.5, 0.6) is 0 Å². The number of nitrogens with zero attached hydrogens (tertiary/aromatic N) is 1. The van der Waals surface area contributed by atoms with Crippen molar-refractivity contribution in [2.45, 2.75) is 6.10 Å². The van der Waals surface area contributed by atoms with E-state index in [1.54, 1.807) is 6.07 Å². The van der Waals surface area contributed by atoms with Gasteiger partial charge in [0.05, 0.1) is 41.3 Å². The van der Waals surface area contributed by atoms with E-state index in [1.807, 2.05) is 27.5 Å². The van der Waals surface area contributed by atoms with E-state index >= 15 is 0 Å². The maximum Gasteiger partial charge on any atom is 0.277 e. The van der Waals surface area contributed by atoms with Crippen LogP contribution in [0.4, 0.5) is 24.5 Å². The molecule has 0 aromatic heterocycles.